The minimum Gasteiger partial charge on any atom is -0.385 e. The van der Waals surface area contributed by atoms with E-state index in [1.54, 1.807) is 0 Å². The van der Waals surface area contributed by atoms with Crippen LogP contribution in [-0.2, 0) is 0 Å². The van der Waals surface area contributed by atoms with Crippen LogP contribution in [0.15, 0.2) is 36.9 Å². The highest BCUT2D eigenvalue weighted by Crippen LogP contribution is 2.31. The number of fused-ring (bicyclic) bond motifs is 1. The first-order chi connectivity index (χ1) is 7.81. The van der Waals surface area contributed by atoms with Crippen LogP contribution in [0.5, 0.6) is 0 Å². The predicted octanol–water partition coefficient (Wildman–Crippen LogP) is 2.70. The highest BCUT2D eigenvalue weighted by Gasteiger charge is 2.20. The normalized spacial score (nSPS) is 19.0. The molecule has 1 aromatic carbocycles. The molecule has 0 radical (unpaired) electrons. The van der Waals surface area contributed by atoms with E-state index in [-0.39, 0.29) is 0 Å². The molecule has 1 unspecified atom stereocenters. The number of nitrogens with zero attached hydrogens (tertiary/aromatic N) is 1. The first-order valence-electron chi connectivity index (χ1n) is 5.93. The molecule has 0 aromatic heterocycles. The summed E-state index contributed by atoms with van der Waals surface area (Å²) in [5.41, 5.74) is 2.77. The van der Waals surface area contributed by atoms with Gasteiger partial charge in [0, 0.05) is 31.2 Å². The van der Waals surface area contributed by atoms with Gasteiger partial charge in [0.15, 0.2) is 0 Å². The molecule has 16 heavy (non-hydrogen) atoms. The third kappa shape index (κ3) is 2.45. The van der Waals surface area contributed by atoms with Crippen LogP contribution in [0.1, 0.15) is 17.9 Å². The Kier molecular flexibility index (Phi) is 3.62. The third-order valence-electron chi connectivity index (χ3n) is 3.18. The van der Waals surface area contributed by atoms with E-state index in [9.17, 15) is 0 Å². The topological polar surface area (TPSA) is 15.3 Å². The number of anilines is 1. The van der Waals surface area contributed by atoms with Crippen molar-refractivity contribution in [2.45, 2.75) is 12.3 Å². The molecule has 2 rings (SSSR count). The number of hydrogen-bond acceptors (Lipinski definition) is 2. The van der Waals surface area contributed by atoms with Crippen molar-refractivity contribution < 1.29 is 0 Å². The smallest absolute Gasteiger partial charge is 0.0376 e. The molecule has 0 amide bonds. The Labute approximate surface area is 98.0 Å². The van der Waals surface area contributed by atoms with Gasteiger partial charge in [-0.2, -0.15) is 0 Å². The number of likely N-dealkylation sites (N-methyl/N-ethyl adjacent to an activating group) is 1. The van der Waals surface area contributed by atoms with Gasteiger partial charge in [0.1, 0.15) is 0 Å². The fourth-order valence-electron chi connectivity index (χ4n) is 2.41. The van der Waals surface area contributed by atoms with Crippen LogP contribution in [0.3, 0.4) is 0 Å². The van der Waals surface area contributed by atoms with Gasteiger partial charge in [-0.3, -0.25) is 0 Å². The molecular weight excluding hydrogens is 196 g/mol. The standard InChI is InChI=1S/C14H20N2/c1-3-10-16(2)11-12-8-9-15-14-7-5-4-6-13(12)14/h3-7,12,15H,1,8-11H2,2H3. The first kappa shape index (κ1) is 11.2. The molecular formula is C14H20N2. The highest BCUT2D eigenvalue weighted by atomic mass is 15.1. The maximum Gasteiger partial charge on any atom is 0.0376 e. The summed E-state index contributed by atoms with van der Waals surface area (Å²) in [6.45, 7) is 6.95. The van der Waals surface area contributed by atoms with Crippen LogP contribution in [0.25, 0.3) is 0 Å². The number of hydrogen-bond donors (Lipinski definition) is 1. The zero-order valence-electron chi connectivity index (χ0n) is 9.95. The number of benzene rings is 1. The fourth-order valence-corrected chi connectivity index (χ4v) is 2.41. The Balaban J connectivity index is 2.09. The Morgan fingerprint density at radius 1 is 1.50 bits per heavy atom. The zero-order chi connectivity index (χ0) is 11.4. The first-order valence-corrected chi connectivity index (χ1v) is 5.93. The van der Waals surface area contributed by atoms with Crippen molar-refractivity contribution in [1.29, 1.82) is 0 Å². The lowest BCUT2D eigenvalue weighted by molar-refractivity contribution is 0.334. The summed E-state index contributed by atoms with van der Waals surface area (Å²) in [6, 6.07) is 8.65. The molecule has 1 aromatic rings. The zero-order valence-corrected chi connectivity index (χ0v) is 9.95. The summed E-state index contributed by atoms with van der Waals surface area (Å²) in [6.07, 6.45) is 3.19. The summed E-state index contributed by atoms with van der Waals surface area (Å²) in [7, 11) is 2.16. The maximum absolute atomic E-state index is 3.78. The van der Waals surface area contributed by atoms with Crippen LogP contribution in [0, 0.1) is 0 Å². The molecule has 1 N–H and O–H groups in total. The Morgan fingerprint density at radius 3 is 3.12 bits per heavy atom. The predicted molar refractivity (Wildman–Crippen MR) is 70.0 cm³/mol. The van der Waals surface area contributed by atoms with Crippen molar-refractivity contribution >= 4 is 5.69 Å². The number of rotatable bonds is 4. The lowest BCUT2D eigenvalue weighted by Gasteiger charge is -2.29. The second-order valence-electron chi connectivity index (χ2n) is 4.51. The lowest BCUT2D eigenvalue weighted by atomic mass is 9.90. The number of nitrogens with one attached hydrogen (secondary N) is 1. The molecule has 0 saturated heterocycles. The molecule has 2 heteroatoms. The SMILES string of the molecule is C=CCN(C)CC1CCNc2ccccc21. The van der Waals surface area contributed by atoms with Crippen molar-refractivity contribution in [3.63, 3.8) is 0 Å². The molecule has 1 atom stereocenters. The molecule has 0 spiro atoms. The molecule has 0 aliphatic carbocycles. The second-order valence-corrected chi connectivity index (χ2v) is 4.51. The van der Waals surface area contributed by atoms with Crippen molar-refractivity contribution in [3.05, 3.63) is 42.5 Å². The van der Waals surface area contributed by atoms with E-state index in [0.717, 1.165) is 19.6 Å². The Morgan fingerprint density at radius 2 is 2.31 bits per heavy atom. The van der Waals surface area contributed by atoms with E-state index in [4.69, 9.17) is 0 Å². The van der Waals surface area contributed by atoms with E-state index in [1.165, 1.54) is 17.7 Å². The minimum absolute atomic E-state index is 0.655. The van der Waals surface area contributed by atoms with E-state index >= 15 is 0 Å². The third-order valence-corrected chi connectivity index (χ3v) is 3.18. The summed E-state index contributed by atoms with van der Waals surface area (Å²) >= 11 is 0. The van der Waals surface area contributed by atoms with E-state index in [0.29, 0.717) is 5.92 Å². The average molecular weight is 216 g/mol. The molecule has 2 nitrogen and oxygen atoms in total. The lowest BCUT2D eigenvalue weighted by Crippen LogP contribution is -2.28. The minimum atomic E-state index is 0.655. The summed E-state index contributed by atoms with van der Waals surface area (Å²) < 4.78 is 0. The number of para-hydroxylation sites is 1. The summed E-state index contributed by atoms with van der Waals surface area (Å²) in [5, 5.41) is 3.46. The van der Waals surface area contributed by atoms with Gasteiger partial charge in [-0.05, 0) is 25.1 Å². The van der Waals surface area contributed by atoms with Gasteiger partial charge in [-0.1, -0.05) is 24.3 Å². The highest BCUT2D eigenvalue weighted by molar-refractivity contribution is 5.54. The van der Waals surface area contributed by atoms with Crippen LogP contribution < -0.4 is 5.32 Å². The molecule has 86 valence electrons. The molecule has 1 heterocycles. The molecule has 1 aliphatic rings. The van der Waals surface area contributed by atoms with Crippen LogP contribution in [0.2, 0.25) is 0 Å². The Bertz CT molecular complexity index is 360. The molecule has 1 aliphatic heterocycles. The second kappa shape index (κ2) is 5.17. The van der Waals surface area contributed by atoms with Crippen LogP contribution in [-0.4, -0.2) is 31.6 Å². The monoisotopic (exact) mass is 216 g/mol. The van der Waals surface area contributed by atoms with Gasteiger partial charge >= 0.3 is 0 Å². The average Bonchev–Trinajstić information content (AvgIpc) is 2.30. The maximum atomic E-state index is 3.78. The quantitative estimate of drug-likeness (QED) is 0.778. The van der Waals surface area contributed by atoms with Crippen molar-refractivity contribution in [2.75, 3.05) is 32.0 Å². The van der Waals surface area contributed by atoms with Crippen molar-refractivity contribution in [1.82, 2.24) is 4.90 Å². The van der Waals surface area contributed by atoms with Gasteiger partial charge in [0.25, 0.3) is 0 Å². The van der Waals surface area contributed by atoms with Crippen LogP contribution in [0.4, 0.5) is 5.69 Å². The van der Waals surface area contributed by atoms with Crippen molar-refractivity contribution in [3.8, 4) is 0 Å². The molecule has 0 bridgehead atoms. The fraction of sp³-hybridized carbons (Fsp3) is 0.429. The van der Waals surface area contributed by atoms with E-state index in [2.05, 4.69) is 48.1 Å². The van der Waals surface area contributed by atoms with Gasteiger partial charge in [0.2, 0.25) is 0 Å². The Hall–Kier alpha value is -1.28. The van der Waals surface area contributed by atoms with E-state index in [1.807, 2.05) is 6.08 Å². The van der Waals surface area contributed by atoms with Gasteiger partial charge < -0.3 is 10.2 Å². The molecule has 0 fully saturated rings. The van der Waals surface area contributed by atoms with Gasteiger partial charge in [0.05, 0.1) is 0 Å². The van der Waals surface area contributed by atoms with E-state index < -0.39 is 0 Å². The molecule has 0 saturated carbocycles. The van der Waals surface area contributed by atoms with Gasteiger partial charge in [-0.25, -0.2) is 0 Å². The summed E-state index contributed by atoms with van der Waals surface area (Å²) in [5.74, 6) is 0.655. The largest absolute Gasteiger partial charge is 0.385 e. The van der Waals surface area contributed by atoms with Gasteiger partial charge in [-0.15, -0.1) is 6.58 Å². The summed E-state index contributed by atoms with van der Waals surface area (Å²) in [4.78, 5) is 2.33. The van der Waals surface area contributed by atoms with Crippen LogP contribution >= 0.6 is 0 Å². The van der Waals surface area contributed by atoms with Crippen molar-refractivity contribution in [2.24, 2.45) is 0 Å².